The number of halogens is 1. The van der Waals surface area contributed by atoms with Crippen molar-refractivity contribution >= 4 is 45.9 Å². The second-order valence-electron chi connectivity index (χ2n) is 7.18. The number of benzene rings is 2. The third kappa shape index (κ3) is 3.87. The molecule has 4 rings (SSSR count). The quantitative estimate of drug-likeness (QED) is 0.261. The second-order valence-corrected chi connectivity index (χ2v) is 8.53. The van der Waals surface area contributed by atoms with Crippen molar-refractivity contribution in [1.29, 1.82) is 0 Å². The van der Waals surface area contributed by atoms with E-state index in [0.29, 0.717) is 21.6 Å². The van der Waals surface area contributed by atoms with Crippen LogP contribution in [0.4, 0.5) is 5.82 Å². The summed E-state index contributed by atoms with van der Waals surface area (Å²) >= 11 is 7.32. The smallest absolute Gasteiger partial charge is 0.332 e. The molecule has 0 aliphatic rings. The van der Waals surface area contributed by atoms with E-state index < -0.39 is 17.0 Å². The average Bonchev–Trinajstić information content (AvgIpc) is 2.81. The van der Waals surface area contributed by atoms with Gasteiger partial charge in [-0.15, -0.1) is 0 Å². The highest BCUT2D eigenvalue weighted by molar-refractivity contribution is 7.99. The van der Waals surface area contributed by atoms with Gasteiger partial charge < -0.3 is 5.73 Å². The predicted octanol–water partition coefficient (Wildman–Crippen LogP) is 1.99. The molecule has 0 fully saturated rings. The predicted molar refractivity (Wildman–Crippen MR) is 129 cm³/mol. The van der Waals surface area contributed by atoms with Crippen LogP contribution in [0.25, 0.3) is 16.6 Å². The van der Waals surface area contributed by atoms with Crippen molar-refractivity contribution < 1.29 is 4.79 Å². The molecule has 0 amide bonds. The van der Waals surface area contributed by atoms with E-state index in [9.17, 15) is 19.2 Å². The lowest BCUT2D eigenvalue weighted by atomic mass is 10.2. The maximum absolute atomic E-state index is 13.3. The highest BCUT2D eigenvalue weighted by atomic mass is 35.5. The van der Waals surface area contributed by atoms with Gasteiger partial charge >= 0.3 is 5.69 Å². The molecule has 2 heterocycles. The average molecular weight is 484 g/mol. The van der Waals surface area contributed by atoms with Crippen molar-refractivity contribution in [1.82, 2.24) is 18.7 Å². The lowest BCUT2D eigenvalue weighted by Gasteiger charge is -2.14. The highest BCUT2D eigenvalue weighted by Crippen LogP contribution is 2.26. The number of hydrogen-bond donors (Lipinski definition) is 1. The SMILES string of the molecule is Cn1c(N)c(C(=O)CSc2nc3ccccc3c(=O)n2-c2ccccc2Cl)c(=O)n(C)c1=O. The van der Waals surface area contributed by atoms with E-state index in [1.54, 1.807) is 48.5 Å². The molecule has 0 saturated heterocycles. The van der Waals surface area contributed by atoms with Crippen LogP contribution in [0, 0.1) is 0 Å². The Morgan fingerprint density at radius 3 is 2.39 bits per heavy atom. The second kappa shape index (κ2) is 8.72. The van der Waals surface area contributed by atoms with Crippen molar-refractivity contribution in [2.24, 2.45) is 14.1 Å². The Balaban J connectivity index is 1.82. The molecule has 2 aromatic carbocycles. The highest BCUT2D eigenvalue weighted by Gasteiger charge is 2.22. The molecule has 2 N–H and O–H groups in total. The Morgan fingerprint density at radius 2 is 1.67 bits per heavy atom. The summed E-state index contributed by atoms with van der Waals surface area (Å²) in [4.78, 5) is 55.4. The van der Waals surface area contributed by atoms with Crippen LogP contribution >= 0.6 is 23.4 Å². The number of nitrogen functional groups attached to an aromatic ring is 1. The number of rotatable bonds is 5. The number of carbonyl (C=O) groups excluding carboxylic acids is 1. The molecular formula is C22H18ClN5O4S. The van der Waals surface area contributed by atoms with Gasteiger partial charge in [0.25, 0.3) is 11.1 Å². The summed E-state index contributed by atoms with van der Waals surface area (Å²) in [5.41, 5.74) is 4.71. The molecule has 4 aromatic rings. The number of anilines is 1. The Bertz CT molecular complexity index is 1610. The number of nitrogens with two attached hydrogens (primary N) is 1. The zero-order valence-electron chi connectivity index (χ0n) is 17.6. The number of Topliss-reactive ketones (excluding diaryl/α,β-unsaturated/α-hetero) is 1. The molecule has 0 radical (unpaired) electrons. The van der Waals surface area contributed by atoms with Gasteiger partial charge in [0.05, 0.1) is 27.4 Å². The molecule has 0 aliphatic carbocycles. The van der Waals surface area contributed by atoms with Gasteiger partial charge in [0, 0.05) is 14.1 Å². The lowest BCUT2D eigenvalue weighted by molar-refractivity contribution is 0.102. The Kier molecular flexibility index (Phi) is 5.96. The number of thioether (sulfide) groups is 1. The van der Waals surface area contributed by atoms with E-state index in [1.165, 1.54) is 18.7 Å². The molecule has 0 saturated carbocycles. The van der Waals surface area contributed by atoms with Gasteiger partial charge in [-0.25, -0.2) is 9.78 Å². The normalized spacial score (nSPS) is 11.1. The third-order valence-electron chi connectivity index (χ3n) is 5.16. The molecule has 9 nitrogen and oxygen atoms in total. The van der Waals surface area contributed by atoms with E-state index in [2.05, 4.69) is 4.98 Å². The van der Waals surface area contributed by atoms with Gasteiger partial charge in [0.2, 0.25) is 0 Å². The third-order valence-corrected chi connectivity index (χ3v) is 6.42. The first-order valence-corrected chi connectivity index (χ1v) is 11.1. The van der Waals surface area contributed by atoms with Gasteiger partial charge in [0.1, 0.15) is 11.4 Å². The monoisotopic (exact) mass is 483 g/mol. The summed E-state index contributed by atoms with van der Waals surface area (Å²) in [7, 11) is 2.65. The lowest BCUT2D eigenvalue weighted by Crippen LogP contribution is -2.41. The standard InChI is InChI=1S/C22H18ClN5O4S/c1-26-18(24)17(20(31)27(2)22(26)32)16(29)11-33-21-25-14-9-5-3-7-12(14)19(30)28(21)15-10-6-4-8-13(15)23/h3-10H,11,24H2,1-2H3. The number of hydrogen-bond acceptors (Lipinski definition) is 7. The molecule has 0 bridgehead atoms. The van der Waals surface area contributed by atoms with Crippen LogP contribution in [-0.2, 0) is 14.1 Å². The molecular weight excluding hydrogens is 466 g/mol. The van der Waals surface area contributed by atoms with E-state index in [0.717, 1.165) is 20.9 Å². The summed E-state index contributed by atoms with van der Waals surface area (Å²) in [6.45, 7) is 0. The van der Waals surface area contributed by atoms with Crippen LogP contribution in [-0.4, -0.2) is 30.2 Å². The van der Waals surface area contributed by atoms with E-state index in [4.69, 9.17) is 17.3 Å². The summed E-state index contributed by atoms with van der Waals surface area (Å²) in [6.07, 6.45) is 0. The van der Waals surface area contributed by atoms with Crippen LogP contribution < -0.4 is 22.5 Å². The summed E-state index contributed by atoms with van der Waals surface area (Å²) in [5.74, 6) is -1.06. The maximum atomic E-state index is 13.3. The van der Waals surface area contributed by atoms with Crippen molar-refractivity contribution in [2.75, 3.05) is 11.5 Å². The van der Waals surface area contributed by atoms with Crippen LogP contribution in [0.1, 0.15) is 10.4 Å². The molecule has 0 spiro atoms. The fraction of sp³-hybridized carbons (Fsp3) is 0.136. The van der Waals surface area contributed by atoms with E-state index in [1.807, 2.05) is 0 Å². The maximum Gasteiger partial charge on any atom is 0.332 e. The fourth-order valence-corrected chi connectivity index (χ4v) is 4.48. The van der Waals surface area contributed by atoms with Crippen LogP contribution in [0.2, 0.25) is 5.02 Å². The Labute approximate surface area is 196 Å². The zero-order chi connectivity index (χ0) is 23.9. The summed E-state index contributed by atoms with van der Waals surface area (Å²) in [6, 6.07) is 13.6. The number of fused-ring (bicyclic) bond motifs is 1. The van der Waals surface area contributed by atoms with Gasteiger partial charge in [-0.05, 0) is 24.3 Å². The van der Waals surface area contributed by atoms with E-state index in [-0.39, 0.29) is 27.8 Å². The Morgan fingerprint density at radius 1 is 1.00 bits per heavy atom. The topological polar surface area (TPSA) is 122 Å². The Hall–Kier alpha value is -3.63. The van der Waals surface area contributed by atoms with Gasteiger partial charge in [-0.3, -0.25) is 28.1 Å². The summed E-state index contributed by atoms with van der Waals surface area (Å²) < 4.78 is 3.19. The van der Waals surface area contributed by atoms with Gasteiger partial charge in [-0.1, -0.05) is 47.6 Å². The summed E-state index contributed by atoms with van der Waals surface area (Å²) in [5, 5.41) is 0.950. The largest absolute Gasteiger partial charge is 0.384 e. The first-order valence-electron chi connectivity index (χ1n) is 9.70. The van der Waals surface area contributed by atoms with Crippen molar-refractivity contribution in [3.8, 4) is 5.69 Å². The number of nitrogens with zero attached hydrogens (tertiary/aromatic N) is 4. The minimum Gasteiger partial charge on any atom is -0.384 e. The number of aromatic nitrogens is 4. The van der Waals surface area contributed by atoms with Crippen molar-refractivity contribution in [2.45, 2.75) is 5.16 Å². The van der Waals surface area contributed by atoms with Crippen molar-refractivity contribution in [3.63, 3.8) is 0 Å². The van der Waals surface area contributed by atoms with Crippen LogP contribution in [0.15, 0.2) is 68.1 Å². The molecule has 0 aliphatic heterocycles. The van der Waals surface area contributed by atoms with E-state index >= 15 is 0 Å². The number of ketones is 1. The molecule has 11 heteroatoms. The fourth-order valence-electron chi connectivity index (χ4n) is 3.38. The van der Waals surface area contributed by atoms with Crippen molar-refractivity contribution in [3.05, 3.63) is 90.3 Å². The minimum atomic E-state index is -0.781. The minimum absolute atomic E-state index is 0.219. The molecule has 0 atom stereocenters. The van der Waals surface area contributed by atoms with Crippen LogP contribution in [0.3, 0.4) is 0 Å². The first-order chi connectivity index (χ1) is 15.7. The van der Waals surface area contributed by atoms with Crippen LogP contribution in [0.5, 0.6) is 0 Å². The molecule has 0 unspecified atom stereocenters. The molecule has 33 heavy (non-hydrogen) atoms. The molecule has 168 valence electrons. The zero-order valence-corrected chi connectivity index (χ0v) is 19.2. The first kappa shape index (κ1) is 22.6. The number of carbonyl (C=O) groups is 1. The number of para-hydroxylation sites is 2. The van der Waals surface area contributed by atoms with Gasteiger partial charge in [-0.2, -0.15) is 0 Å². The molecule has 2 aromatic heterocycles. The van der Waals surface area contributed by atoms with Gasteiger partial charge in [0.15, 0.2) is 10.9 Å².